The van der Waals surface area contributed by atoms with Crippen molar-refractivity contribution < 1.29 is 19.0 Å². The Morgan fingerprint density at radius 2 is 2.00 bits per heavy atom. The summed E-state index contributed by atoms with van der Waals surface area (Å²) < 4.78 is 16.6. The molecule has 1 saturated heterocycles. The number of rotatable bonds is 2. The van der Waals surface area contributed by atoms with Crippen molar-refractivity contribution in [2.75, 3.05) is 6.61 Å². The number of carbonyl (C=O) groups is 1. The second-order valence-corrected chi connectivity index (χ2v) is 6.02. The molecule has 0 bridgehead atoms. The van der Waals surface area contributed by atoms with Gasteiger partial charge in [-0.2, -0.15) is 0 Å². The second-order valence-electron chi connectivity index (χ2n) is 6.02. The Balaban J connectivity index is 2.57. The van der Waals surface area contributed by atoms with Gasteiger partial charge >= 0.3 is 5.97 Å². The van der Waals surface area contributed by atoms with Crippen molar-refractivity contribution in [3.05, 3.63) is 0 Å². The Labute approximate surface area is 104 Å². The van der Waals surface area contributed by atoms with Crippen LogP contribution in [0.5, 0.6) is 0 Å². The number of carbonyl (C=O) groups excluding carboxylic acids is 1. The highest BCUT2D eigenvalue weighted by Crippen LogP contribution is 2.27. The molecule has 0 radical (unpaired) electrons. The van der Waals surface area contributed by atoms with E-state index in [4.69, 9.17) is 14.2 Å². The Hall–Kier alpha value is -0.610. The highest BCUT2D eigenvalue weighted by atomic mass is 16.7. The molecule has 1 heterocycles. The van der Waals surface area contributed by atoms with Crippen LogP contribution in [0.1, 0.15) is 48.0 Å². The summed E-state index contributed by atoms with van der Waals surface area (Å²) in [7, 11) is 0. The van der Waals surface area contributed by atoms with E-state index in [2.05, 4.69) is 0 Å². The van der Waals surface area contributed by atoms with Gasteiger partial charge in [-0.3, -0.25) is 4.79 Å². The first kappa shape index (κ1) is 14.5. The number of hydrogen-bond acceptors (Lipinski definition) is 4. The lowest BCUT2D eigenvalue weighted by Crippen LogP contribution is -2.45. The first-order valence-corrected chi connectivity index (χ1v) is 6.15. The average molecular weight is 244 g/mol. The highest BCUT2D eigenvalue weighted by Gasteiger charge is 2.36. The normalized spacial score (nSPS) is 26.4. The van der Waals surface area contributed by atoms with Crippen LogP contribution in [0.15, 0.2) is 0 Å². The topological polar surface area (TPSA) is 44.8 Å². The van der Waals surface area contributed by atoms with E-state index in [0.717, 1.165) is 6.42 Å². The van der Waals surface area contributed by atoms with E-state index in [9.17, 15) is 4.79 Å². The maximum atomic E-state index is 11.9. The fraction of sp³-hybridized carbons (Fsp3) is 0.923. The van der Waals surface area contributed by atoms with Crippen LogP contribution in [-0.2, 0) is 19.0 Å². The van der Waals surface area contributed by atoms with E-state index in [1.54, 1.807) is 0 Å². The molecule has 0 aromatic rings. The number of ether oxygens (including phenoxy) is 3. The lowest BCUT2D eigenvalue weighted by Gasteiger charge is -2.38. The predicted molar refractivity (Wildman–Crippen MR) is 64.5 cm³/mol. The molecule has 0 aromatic carbocycles. The highest BCUT2D eigenvalue weighted by molar-refractivity contribution is 5.73. The lowest BCUT2D eigenvalue weighted by atomic mass is 10.0. The van der Waals surface area contributed by atoms with Crippen molar-refractivity contribution in [1.82, 2.24) is 0 Å². The van der Waals surface area contributed by atoms with Gasteiger partial charge in [0, 0.05) is 0 Å². The van der Waals surface area contributed by atoms with Gasteiger partial charge in [-0.25, -0.2) is 0 Å². The molecule has 1 rings (SSSR count). The molecule has 0 aromatic heterocycles. The van der Waals surface area contributed by atoms with E-state index in [0.29, 0.717) is 6.61 Å². The van der Waals surface area contributed by atoms with Gasteiger partial charge < -0.3 is 14.2 Å². The summed E-state index contributed by atoms with van der Waals surface area (Å²) in [6.45, 7) is 11.8. The molecule has 0 saturated carbocycles. The van der Waals surface area contributed by atoms with Gasteiger partial charge in [-0.1, -0.05) is 0 Å². The second kappa shape index (κ2) is 4.94. The summed E-state index contributed by atoms with van der Waals surface area (Å²) in [5.41, 5.74) is -0.452. The van der Waals surface area contributed by atoms with Crippen LogP contribution in [0, 0.1) is 5.92 Å². The van der Waals surface area contributed by atoms with E-state index >= 15 is 0 Å². The van der Waals surface area contributed by atoms with Crippen molar-refractivity contribution in [2.45, 2.75) is 65.5 Å². The van der Waals surface area contributed by atoms with Gasteiger partial charge in [-0.05, 0) is 48.0 Å². The largest absolute Gasteiger partial charge is 0.460 e. The molecule has 0 unspecified atom stereocenters. The third-order valence-electron chi connectivity index (χ3n) is 2.62. The van der Waals surface area contributed by atoms with E-state index in [1.165, 1.54) is 0 Å². The minimum atomic E-state index is -0.612. The Kier molecular flexibility index (Phi) is 4.20. The fourth-order valence-electron chi connectivity index (χ4n) is 1.78. The van der Waals surface area contributed by atoms with Crippen LogP contribution in [0.2, 0.25) is 0 Å². The lowest BCUT2D eigenvalue weighted by molar-refractivity contribution is -0.281. The molecule has 1 aliphatic rings. The summed E-state index contributed by atoms with van der Waals surface area (Å²) in [4.78, 5) is 11.9. The zero-order chi connectivity index (χ0) is 13.3. The molecular weight excluding hydrogens is 220 g/mol. The molecule has 1 fully saturated rings. The third-order valence-corrected chi connectivity index (χ3v) is 2.62. The van der Waals surface area contributed by atoms with E-state index in [-0.39, 0.29) is 18.0 Å². The molecule has 1 aliphatic heterocycles. The van der Waals surface area contributed by atoms with E-state index in [1.807, 2.05) is 41.5 Å². The van der Waals surface area contributed by atoms with Crippen molar-refractivity contribution in [3.63, 3.8) is 0 Å². The Morgan fingerprint density at radius 1 is 1.41 bits per heavy atom. The first-order chi connectivity index (χ1) is 7.61. The standard InChI is InChI=1S/C13H24O4/c1-9(11(14)17-12(2,3)4)10-7-8-15-13(5,6)16-10/h9-10H,7-8H2,1-6H3/t9-,10-/m0/s1. The Bertz CT molecular complexity index is 278. The first-order valence-electron chi connectivity index (χ1n) is 6.15. The van der Waals surface area contributed by atoms with Crippen LogP contribution in [-0.4, -0.2) is 30.1 Å². The van der Waals surface area contributed by atoms with Crippen LogP contribution in [0.3, 0.4) is 0 Å². The molecule has 0 spiro atoms. The monoisotopic (exact) mass is 244 g/mol. The quantitative estimate of drug-likeness (QED) is 0.700. The van der Waals surface area contributed by atoms with Crippen LogP contribution in [0.4, 0.5) is 0 Å². The summed E-state index contributed by atoms with van der Waals surface area (Å²) in [5.74, 6) is -1.09. The van der Waals surface area contributed by atoms with Crippen LogP contribution in [0.25, 0.3) is 0 Å². The summed E-state index contributed by atoms with van der Waals surface area (Å²) in [5, 5.41) is 0. The van der Waals surface area contributed by atoms with Gasteiger partial charge in [0.1, 0.15) is 5.60 Å². The smallest absolute Gasteiger partial charge is 0.311 e. The van der Waals surface area contributed by atoms with Gasteiger partial charge in [0.2, 0.25) is 0 Å². The Morgan fingerprint density at radius 3 is 2.47 bits per heavy atom. The van der Waals surface area contributed by atoms with Crippen molar-refractivity contribution in [3.8, 4) is 0 Å². The molecule has 4 nitrogen and oxygen atoms in total. The van der Waals surface area contributed by atoms with Gasteiger partial charge in [0.15, 0.2) is 5.79 Å². The van der Waals surface area contributed by atoms with Crippen molar-refractivity contribution in [2.24, 2.45) is 5.92 Å². The fourth-order valence-corrected chi connectivity index (χ4v) is 1.78. The third kappa shape index (κ3) is 4.64. The average Bonchev–Trinajstić information content (AvgIpc) is 2.12. The molecule has 0 amide bonds. The van der Waals surface area contributed by atoms with Gasteiger partial charge in [-0.15, -0.1) is 0 Å². The van der Waals surface area contributed by atoms with Gasteiger partial charge in [0.25, 0.3) is 0 Å². The summed E-state index contributed by atoms with van der Waals surface area (Å²) in [6, 6.07) is 0. The summed E-state index contributed by atoms with van der Waals surface area (Å²) in [6.07, 6.45) is 0.595. The number of hydrogen-bond donors (Lipinski definition) is 0. The maximum Gasteiger partial charge on any atom is 0.311 e. The van der Waals surface area contributed by atoms with Crippen LogP contribution < -0.4 is 0 Å². The van der Waals surface area contributed by atoms with Gasteiger partial charge in [0.05, 0.1) is 18.6 Å². The molecule has 0 N–H and O–H groups in total. The zero-order valence-electron chi connectivity index (χ0n) is 11.7. The molecular formula is C13H24O4. The summed E-state index contributed by atoms with van der Waals surface area (Å²) >= 11 is 0. The molecule has 2 atom stereocenters. The van der Waals surface area contributed by atoms with Crippen LogP contribution >= 0.6 is 0 Å². The molecule has 0 aliphatic carbocycles. The number of esters is 1. The maximum absolute atomic E-state index is 11.9. The van der Waals surface area contributed by atoms with Crippen molar-refractivity contribution >= 4 is 5.97 Å². The SMILES string of the molecule is C[C@H](C(=O)OC(C)(C)C)[C@@H]1CCOC(C)(C)O1. The molecule has 100 valence electrons. The predicted octanol–water partition coefficient (Wildman–Crippen LogP) is 2.51. The van der Waals surface area contributed by atoms with Crippen molar-refractivity contribution in [1.29, 1.82) is 0 Å². The molecule has 4 heteroatoms. The molecule has 17 heavy (non-hydrogen) atoms. The minimum Gasteiger partial charge on any atom is -0.460 e. The minimum absolute atomic E-state index is 0.131. The van der Waals surface area contributed by atoms with E-state index < -0.39 is 11.4 Å². The zero-order valence-corrected chi connectivity index (χ0v) is 11.7.